The summed E-state index contributed by atoms with van der Waals surface area (Å²) < 4.78 is 1.71. The van der Waals surface area contributed by atoms with Gasteiger partial charge in [-0.15, -0.1) is 0 Å². The number of aryl methyl sites for hydroxylation is 1. The van der Waals surface area contributed by atoms with E-state index in [4.69, 9.17) is 5.73 Å². The van der Waals surface area contributed by atoms with Crippen LogP contribution in [0.15, 0.2) is 65.3 Å². The van der Waals surface area contributed by atoms with Gasteiger partial charge < -0.3 is 20.5 Å². The number of aromatic nitrogens is 1. The molecule has 4 rings (SSSR count). The van der Waals surface area contributed by atoms with Crippen molar-refractivity contribution in [3.8, 4) is 17.8 Å². The van der Waals surface area contributed by atoms with E-state index in [1.807, 2.05) is 18.2 Å². The summed E-state index contributed by atoms with van der Waals surface area (Å²) in [5, 5.41) is 44.7. The molecule has 0 saturated heterocycles. The summed E-state index contributed by atoms with van der Waals surface area (Å²) in [7, 11) is 0. The van der Waals surface area contributed by atoms with Gasteiger partial charge in [0.1, 0.15) is 18.2 Å². The predicted molar refractivity (Wildman–Crippen MR) is 136 cm³/mol. The molecule has 2 aromatic carbocycles. The summed E-state index contributed by atoms with van der Waals surface area (Å²) >= 11 is 0. The Bertz CT molecular complexity index is 1520. The fraction of sp³-hybridized carbons (Fsp3) is 0.148. The monoisotopic (exact) mass is 494 g/mol. The smallest absolute Gasteiger partial charge is 0.335 e. The summed E-state index contributed by atoms with van der Waals surface area (Å²) in [5.41, 5.74) is 9.38. The average Bonchev–Trinajstić information content (AvgIpc) is 3.36. The third-order valence-electron chi connectivity index (χ3n) is 6.13. The number of hydrazone groups is 1. The number of nitrogens with two attached hydrogens (primary N) is 1. The van der Waals surface area contributed by atoms with Gasteiger partial charge >= 0.3 is 11.9 Å². The van der Waals surface area contributed by atoms with Gasteiger partial charge in [0.2, 0.25) is 0 Å². The van der Waals surface area contributed by atoms with Crippen LogP contribution in [0.25, 0.3) is 11.8 Å². The lowest BCUT2D eigenvalue weighted by Crippen LogP contribution is -2.40. The summed E-state index contributed by atoms with van der Waals surface area (Å²) in [6.45, 7) is 3.55. The van der Waals surface area contributed by atoms with Crippen LogP contribution < -0.4 is 10.7 Å². The van der Waals surface area contributed by atoms with E-state index in [1.54, 1.807) is 42.7 Å². The molecule has 0 bridgehead atoms. The Labute approximate surface area is 212 Å². The van der Waals surface area contributed by atoms with Crippen molar-refractivity contribution < 1.29 is 19.8 Å². The van der Waals surface area contributed by atoms with E-state index in [0.717, 1.165) is 6.07 Å². The van der Waals surface area contributed by atoms with Crippen molar-refractivity contribution >= 4 is 29.4 Å². The van der Waals surface area contributed by atoms with Crippen LogP contribution in [0.3, 0.4) is 0 Å². The molecule has 2 atom stereocenters. The summed E-state index contributed by atoms with van der Waals surface area (Å²) in [4.78, 5) is 23.2. The lowest BCUT2D eigenvalue weighted by atomic mass is 9.95. The molecule has 1 aliphatic heterocycles. The number of carboxylic acids is 2. The number of hydrogen-bond acceptors (Lipinski definition) is 7. The Kier molecular flexibility index (Phi) is 6.61. The molecule has 37 heavy (non-hydrogen) atoms. The van der Waals surface area contributed by atoms with Gasteiger partial charge in [-0.25, -0.2) is 14.6 Å². The molecular weight excluding hydrogens is 472 g/mol. The minimum atomic E-state index is -1.25. The molecule has 184 valence electrons. The normalized spacial score (nSPS) is 17.2. The van der Waals surface area contributed by atoms with E-state index >= 15 is 0 Å². The first-order valence-electron chi connectivity index (χ1n) is 11.2. The van der Waals surface area contributed by atoms with Gasteiger partial charge in [0.25, 0.3) is 0 Å². The Morgan fingerprint density at radius 2 is 1.62 bits per heavy atom. The van der Waals surface area contributed by atoms with E-state index < -0.39 is 24.0 Å². The molecule has 10 heteroatoms. The largest absolute Gasteiger partial charge is 0.478 e. The number of nitriles is 2. The molecule has 10 nitrogen and oxygen atoms in total. The Morgan fingerprint density at radius 1 is 1.00 bits per heavy atom. The van der Waals surface area contributed by atoms with Crippen molar-refractivity contribution in [3.63, 3.8) is 0 Å². The van der Waals surface area contributed by atoms with Crippen LogP contribution in [0.1, 0.15) is 37.7 Å². The second-order valence-corrected chi connectivity index (χ2v) is 8.47. The van der Waals surface area contributed by atoms with Crippen LogP contribution in [0, 0.1) is 42.4 Å². The van der Waals surface area contributed by atoms with Crippen LogP contribution in [-0.4, -0.2) is 38.6 Å². The number of anilines is 1. The standard InChI is InChI=1S/C27H22N6O4/c1-15-8-17(16(2)32(15)22-11-18(26(34)35)10-19(12-22)27(36)37)9-20(13-28)24-23(14-29)25(30)33(31-24)21-6-4-3-5-7-21/h3-12,23,25H,30H2,1-2H3,(H,34,35)(H,36,37)/b20-9-/t23-,25+/m0/s1. The number of nitrogens with zero attached hydrogens (tertiary/aromatic N) is 5. The maximum atomic E-state index is 11.6. The van der Waals surface area contributed by atoms with Crippen LogP contribution in [0.2, 0.25) is 0 Å². The predicted octanol–water partition coefficient (Wildman–Crippen LogP) is 3.70. The highest BCUT2D eigenvalue weighted by Crippen LogP contribution is 2.30. The zero-order chi connectivity index (χ0) is 26.9. The molecule has 3 aromatic rings. The third kappa shape index (κ3) is 4.57. The average molecular weight is 495 g/mol. The lowest BCUT2D eigenvalue weighted by Gasteiger charge is -2.21. The maximum absolute atomic E-state index is 11.6. The Balaban J connectivity index is 1.81. The molecule has 0 spiro atoms. The van der Waals surface area contributed by atoms with E-state index in [9.17, 15) is 30.3 Å². The summed E-state index contributed by atoms with van der Waals surface area (Å²) in [5.74, 6) is -3.35. The first-order valence-corrected chi connectivity index (χ1v) is 11.2. The van der Waals surface area contributed by atoms with Crippen molar-refractivity contribution in [2.45, 2.75) is 20.0 Å². The number of carbonyl (C=O) groups is 2. The fourth-order valence-corrected chi connectivity index (χ4v) is 4.35. The minimum absolute atomic E-state index is 0.159. The van der Waals surface area contributed by atoms with Crippen molar-refractivity contribution in [3.05, 3.63) is 88.2 Å². The molecule has 4 N–H and O–H groups in total. The molecule has 0 unspecified atom stereocenters. The number of para-hydroxylation sites is 1. The number of hydrogen-bond donors (Lipinski definition) is 3. The molecule has 0 fully saturated rings. The molecule has 0 radical (unpaired) electrons. The Morgan fingerprint density at radius 3 is 2.16 bits per heavy atom. The van der Waals surface area contributed by atoms with E-state index in [-0.39, 0.29) is 22.4 Å². The van der Waals surface area contributed by atoms with Gasteiger partial charge in [-0.05, 0) is 61.9 Å². The highest BCUT2D eigenvalue weighted by Gasteiger charge is 2.37. The van der Waals surface area contributed by atoms with Crippen LogP contribution in [0.5, 0.6) is 0 Å². The number of allylic oxidation sites excluding steroid dienone is 1. The molecule has 0 aliphatic carbocycles. The van der Waals surface area contributed by atoms with Gasteiger partial charge in [0, 0.05) is 17.1 Å². The molecule has 1 aliphatic rings. The molecule has 0 amide bonds. The van der Waals surface area contributed by atoms with Gasteiger partial charge in [0.15, 0.2) is 0 Å². The number of benzene rings is 2. The van der Waals surface area contributed by atoms with Crippen molar-refractivity contribution in [2.75, 3.05) is 5.01 Å². The summed E-state index contributed by atoms with van der Waals surface area (Å²) in [6.07, 6.45) is 0.822. The molecule has 2 heterocycles. The number of aromatic carboxylic acids is 2. The van der Waals surface area contributed by atoms with Gasteiger partial charge in [-0.1, -0.05) is 18.2 Å². The SMILES string of the molecule is Cc1cc(/C=C(/C#N)C2=NN(c3ccccc3)[C@@H](N)[C@H]2C#N)c(C)n1-c1cc(C(=O)O)cc(C(=O)O)c1. The second kappa shape index (κ2) is 9.82. The molecular formula is C27H22N6O4. The van der Waals surface area contributed by atoms with Gasteiger partial charge in [0.05, 0.1) is 34.2 Å². The van der Waals surface area contributed by atoms with E-state index in [1.165, 1.54) is 17.1 Å². The lowest BCUT2D eigenvalue weighted by molar-refractivity contribution is 0.0696. The van der Waals surface area contributed by atoms with Crippen molar-refractivity contribution in [1.82, 2.24) is 4.57 Å². The highest BCUT2D eigenvalue weighted by atomic mass is 16.4. The van der Waals surface area contributed by atoms with E-state index in [2.05, 4.69) is 17.2 Å². The number of rotatable bonds is 6. The molecule has 0 saturated carbocycles. The van der Waals surface area contributed by atoms with Crippen LogP contribution >= 0.6 is 0 Å². The van der Waals surface area contributed by atoms with Crippen LogP contribution in [-0.2, 0) is 0 Å². The zero-order valence-corrected chi connectivity index (χ0v) is 20.0. The number of carboxylic acid groups (broad SMARTS) is 2. The summed E-state index contributed by atoms with van der Waals surface area (Å²) in [6, 6.07) is 19.0. The van der Waals surface area contributed by atoms with Gasteiger partial charge in [-0.2, -0.15) is 15.6 Å². The third-order valence-corrected chi connectivity index (χ3v) is 6.13. The first kappa shape index (κ1) is 24.9. The fourth-order valence-electron chi connectivity index (χ4n) is 4.35. The van der Waals surface area contributed by atoms with Crippen LogP contribution in [0.4, 0.5) is 5.69 Å². The van der Waals surface area contributed by atoms with Crippen molar-refractivity contribution in [1.29, 1.82) is 10.5 Å². The first-order chi connectivity index (χ1) is 17.7. The zero-order valence-electron chi connectivity index (χ0n) is 20.0. The second-order valence-electron chi connectivity index (χ2n) is 8.47. The highest BCUT2D eigenvalue weighted by molar-refractivity contribution is 6.11. The van der Waals surface area contributed by atoms with Crippen molar-refractivity contribution in [2.24, 2.45) is 16.8 Å². The quantitative estimate of drug-likeness (QED) is 0.436. The van der Waals surface area contributed by atoms with E-state index in [0.29, 0.717) is 28.3 Å². The van der Waals surface area contributed by atoms with Gasteiger partial charge in [-0.3, -0.25) is 0 Å². The molecule has 1 aromatic heterocycles. The topological polar surface area (TPSA) is 169 Å². The Hall–Kier alpha value is -5.19. The minimum Gasteiger partial charge on any atom is -0.478 e. The maximum Gasteiger partial charge on any atom is 0.335 e.